The molecule has 0 aliphatic carbocycles. The zero-order chi connectivity index (χ0) is 14.9. The van der Waals surface area contributed by atoms with Crippen LogP contribution >= 0.6 is 23.1 Å². The van der Waals surface area contributed by atoms with Gasteiger partial charge in [0.1, 0.15) is 0 Å². The Hall–Kier alpha value is -2.12. The van der Waals surface area contributed by atoms with Gasteiger partial charge in [-0.05, 0) is 30.5 Å². The number of aromatic nitrogens is 4. The number of hydrogen-bond donors (Lipinski definition) is 0. The minimum absolute atomic E-state index is 0.0343. The van der Waals surface area contributed by atoms with Crippen LogP contribution in [0.25, 0.3) is 16.2 Å². The van der Waals surface area contributed by atoms with Crippen LogP contribution in [-0.2, 0) is 0 Å². The molecule has 0 N–H and O–H groups in total. The van der Waals surface area contributed by atoms with Gasteiger partial charge in [0.15, 0.2) is 5.16 Å². The van der Waals surface area contributed by atoms with E-state index < -0.39 is 0 Å². The summed E-state index contributed by atoms with van der Waals surface area (Å²) in [6.45, 7) is 2.04. The van der Waals surface area contributed by atoms with Gasteiger partial charge in [0.2, 0.25) is 11.7 Å². The molecule has 0 amide bonds. The van der Waals surface area contributed by atoms with E-state index in [1.54, 1.807) is 23.1 Å². The number of rotatable bonds is 4. The summed E-state index contributed by atoms with van der Waals surface area (Å²) in [5, 5.41) is 7.01. The van der Waals surface area contributed by atoms with Crippen molar-refractivity contribution in [1.29, 1.82) is 0 Å². The van der Waals surface area contributed by atoms with E-state index in [0.29, 0.717) is 11.7 Å². The molecule has 0 saturated heterocycles. The Morgan fingerprint density at radius 3 is 3.09 bits per heavy atom. The highest BCUT2D eigenvalue weighted by Gasteiger charge is 2.19. The number of thioether (sulfide) groups is 1. The van der Waals surface area contributed by atoms with Crippen LogP contribution in [0.4, 0.5) is 0 Å². The molecule has 0 saturated carbocycles. The third-order valence-corrected chi connectivity index (χ3v) is 5.15. The molecule has 22 heavy (non-hydrogen) atoms. The fourth-order valence-electron chi connectivity index (χ4n) is 2.12. The lowest BCUT2D eigenvalue weighted by Gasteiger charge is -2.05. The van der Waals surface area contributed by atoms with Gasteiger partial charge in [-0.3, -0.25) is 4.40 Å². The van der Waals surface area contributed by atoms with Gasteiger partial charge in [-0.1, -0.05) is 29.1 Å². The van der Waals surface area contributed by atoms with Crippen molar-refractivity contribution in [2.24, 2.45) is 0 Å². The molecule has 1 atom stereocenters. The van der Waals surface area contributed by atoms with Crippen molar-refractivity contribution in [2.45, 2.75) is 17.3 Å². The minimum atomic E-state index is 0.0343. The third-order valence-electron chi connectivity index (χ3n) is 3.22. The van der Waals surface area contributed by atoms with Gasteiger partial charge in [-0.15, -0.1) is 11.3 Å². The molecule has 5 nitrogen and oxygen atoms in total. The standard InChI is InChI=1S/C15H12N4OS2/c1-10(14-17-13(18-20-14)12-6-4-8-21-12)22-15-16-9-11-5-2-3-7-19(11)15/h2-10H,1H3. The Morgan fingerprint density at radius 2 is 2.23 bits per heavy atom. The van der Waals surface area contributed by atoms with Crippen LogP contribution in [0.15, 0.2) is 57.8 Å². The molecule has 0 aliphatic heterocycles. The monoisotopic (exact) mass is 328 g/mol. The van der Waals surface area contributed by atoms with E-state index in [9.17, 15) is 0 Å². The van der Waals surface area contributed by atoms with Crippen LogP contribution in [0.1, 0.15) is 18.1 Å². The summed E-state index contributed by atoms with van der Waals surface area (Å²) in [4.78, 5) is 9.96. The molecule has 0 aliphatic rings. The molecular formula is C15H12N4OS2. The molecule has 4 aromatic heterocycles. The first-order chi connectivity index (χ1) is 10.8. The van der Waals surface area contributed by atoms with E-state index in [1.165, 1.54) is 0 Å². The Bertz CT molecular complexity index is 897. The average Bonchev–Trinajstić information content (AvgIpc) is 3.28. The van der Waals surface area contributed by atoms with Crippen molar-refractivity contribution < 1.29 is 4.52 Å². The quantitative estimate of drug-likeness (QED) is 0.523. The second-order valence-corrected chi connectivity index (χ2v) is 6.99. The van der Waals surface area contributed by atoms with Crippen LogP contribution in [0.2, 0.25) is 0 Å². The number of thiophene rings is 1. The predicted molar refractivity (Wildman–Crippen MR) is 87.1 cm³/mol. The lowest BCUT2D eigenvalue weighted by atomic mass is 10.4. The zero-order valence-corrected chi connectivity index (χ0v) is 13.3. The van der Waals surface area contributed by atoms with Crippen LogP contribution in [0.5, 0.6) is 0 Å². The van der Waals surface area contributed by atoms with Gasteiger partial charge in [-0.25, -0.2) is 4.98 Å². The van der Waals surface area contributed by atoms with E-state index in [4.69, 9.17) is 4.52 Å². The first kappa shape index (κ1) is 13.5. The van der Waals surface area contributed by atoms with Gasteiger partial charge >= 0.3 is 0 Å². The van der Waals surface area contributed by atoms with Gasteiger partial charge in [0.25, 0.3) is 0 Å². The Kier molecular flexibility index (Phi) is 3.44. The molecular weight excluding hydrogens is 316 g/mol. The number of nitrogens with zero attached hydrogens (tertiary/aromatic N) is 4. The summed E-state index contributed by atoms with van der Waals surface area (Å²) in [6, 6.07) is 9.98. The molecule has 0 aromatic carbocycles. The number of fused-ring (bicyclic) bond motifs is 1. The molecule has 4 rings (SSSR count). The third kappa shape index (κ3) is 2.42. The molecule has 4 heterocycles. The highest BCUT2D eigenvalue weighted by atomic mass is 32.2. The first-order valence-electron chi connectivity index (χ1n) is 6.77. The molecule has 7 heteroatoms. The van der Waals surface area contributed by atoms with Gasteiger partial charge in [-0.2, -0.15) is 4.98 Å². The second-order valence-electron chi connectivity index (χ2n) is 4.73. The zero-order valence-electron chi connectivity index (χ0n) is 11.7. The van der Waals surface area contributed by atoms with E-state index >= 15 is 0 Å². The maximum atomic E-state index is 5.40. The molecule has 0 fully saturated rings. The molecule has 4 aromatic rings. The van der Waals surface area contributed by atoms with Crippen molar-refractivity contribution in [3.05, 3.63) is 54.0 Å². The topological polar surface area (TPSA) is 56.2 Å². The summed E-state index contributed by atoms with van der Waals surface area (Å²) in [5.74, 6) is 1.26. The van der Waals surface area contributed by atoms with Crippen molar-refractivity contribution >= 4 is 28.6 Å². The summed E-state index contributed by atoms with van der Waals surface area (Å²) >= 11 is 3.20. The van der Waals surface area contributed by atoms with Gasteiger partial charge in [0, 0.05) is 6.20 Å². The van der Waals surface area contributed by atoms with Crippen LogP contribution in [-0.4, -0.2) is 19.5 Å². The van der Waals surface area contributed by atoms with Crippen molar-refractivity contribution in [3.63, 3.8) is 0 Å². The summed E-state index contributed by atoms with van der Waals surface area (Å²) in [5.41, 5.74) is 1.07. The molecule has 0 bridgehead atoms. The SMILES string of the molecule is CC(Sc1ncc2ccccn12)c1nc(-c2cccs2)no1. The number of hydrogen-bond acceptors (Lipinski definition) is 6. The number of imidazole rings is 1. The lowest BCUT2D eigenvalue weighted by molar-refractivity contribution is 0.381. The largest absolute Gasteiger partial charge is 0.338 e. The second kappa shape index (κ2) is 5.58. The summed E-state index contributed by atoms with van der Waals surface area (Å²) in [7, 11) is 0. The van der Waals surface area contributed by atoms with Gasteiger partial charge < -0.3 is 4.52 Å². The van der Waals surface area contributed by atoms with Crippen molar-refractivity contribution in [2.75, 3.05) is 0 Å². The lowest BCUT2D eigenvalue weighted by Crippen LogP contribution is -1.92. The maximum absolute atomic E-state index is 5.40. The maximum Gasteiger partial charge on any atom is 0.240 e. The highest BCUT2D eigenvalue weighted by molar-refractivity contribution is 7.99. The van der Waals surface area contributed by atoms with E-state index in [1.807, 2.05) is 55.0 Å². The van der Waals surface area contributed by atoms with Gasteiger partial charge in [0.05, 0.1) is 21.8 Å². The number of pyridine rings is 1. The fourth-order valence-corrected chi connectivity index (χ4v) is 3.68. The molecule has 0 spiro atoms. The van der Waals surface area contributed by atoms with Crippen LogP contribution in [0.3, 0.4) is 0 Å². The highest BCUT2D eigenvalue weighted by Crippen LogP contribution is 2.34. The van der Waals surface area contributed by atoms with E-state index in [2.05, 4.69) is 19.5 Å². The first-order valence-corrected chi connectivity index (χ1v) is 8.53. The van der Waals surface area contributed by atoms with E-state index in [-0.39, 0.29) is 5.25 Å². The Morgan fingerprint density at radius 1 is 1.27 bits per heavy atom. The normalized spacial score (nSPS) is 12.8. The smallest absolute Gasteiger partial charge is 0.240 e. The minimum Gasteiger partial charge on any atom is -0.338 e. The van der Waals surface area contributed by atoms with Crippen molar-refractivity contribution in [1.82, 2.24) is 19.5 Å². The molecule has 110 valence electrons. The van der Waals surface area contributed by atoms with Crippen LogP contribution < -0.4 is 0 Å². The van der Waals surface area contributed by atoms with Crippen LogP contribution in [0, 0.1) is 0 Å². The predicted octanol–water partition coefficient (Wildman–Crippen LogP) is 4.30. The Balaban J connectivity index is 1.58. The Labute approximate surface area is 135 Å². The van der Waals surface area contributed by atoms with Crippen molar-refractivity contribution in [3.8, 4) is 10.7 Å². The average molecular weight is 328 g/mol. The van der Waals surface area contributed by atoms with E-state index in [0.717, 1.165) is 15.6 Å². The summed E-state index contributed by atoms with van der Waals surface area (Å²) < 4.78 is 7.45. The fraction of sp³-hybridized carbons (Fsp3) is 0.133. The molecule has 1 unspecified atom stereocenters. The summed E-state index contributed by atoms with van der Waals surface area (Å²) in [6.07, 6.45) is 3.86. The molecule has 0 radical (unpaired) electrons.